The van der Waals surface area contributed by atoms with Gasteiger partial charge in [0, 0.05) is 0 Å². The third kappa shape index (κ3) is 3.58. The average molecular weight is 462 g/mol. The van der Waals surface area contributed by atoms with Gasteiger partial charge in [0.2, 0.25) is 0 Å². The summed E-state index contributed by atoms with van der Waals surface area (Å²) in [5, 5.41) is 11.8. The van der Waals surface area contributed by atoms with E-state index in [0.29, 0.717) is 0 Å². The number of hydrogen-bond donors (Lipinski definition) is 2. The molecule has 4 rings (SSSR count). The molecule has 0 bridgehead atoms. The summed E-state index contributed by atoms with van der Waals surface area (Å²) >= 11 is 11.5. The number of nitro groups is 1. The van der Waals surface area contributed by atoms with Crippen LogP contribution < -0.4 is 11.5 Å². The Labute approximate surface area is 183 Å². The van der Waals surface area contributed by atoms with E-state index < -0.39 is 22.2 Å². The lowest BCUT2D eigenvalue weighted by atomic mass is 9.94. The lowest BCUT2D eigenvalue weighted by molar-refractivity contribution is -0.383. The Balaban J connectivity index is 2.20. The minimum Gasteiger partial charge on any atom is -0.381 e. The quantitative estimate of drug-likeness (QED) is 0.301. The first-order valence-corrected chi connectivity index (χ1v) is 9.38. The molecule has 0 unspecified atom stereocenters. The topological polar surface area (TPSA) is 121 Å². The van der Waals surface area contributed by atoms with Gasteiger partial charge in [-0.2, -0.15) is 0 Å². The molecule has 0 amide bonds. The maximum Gasteiger partial charge on any atom is 0.287 e. The largest absolute Gasteiger partial charge is 0.381 e. The van der Waals surface area contributed by atoms with Gasteiger partial charge < -0.3 is 11.5 Å². The van der Waals surface area contributed by atoms with Crippen LogP contribution in [0.2, 0.25) is 10.0 Å². The fourth-order valence-electron chi connectivity index (χ4n) is 3.21. The molecule has 156 valence electrons. The molecular formula is C20H11Cl2F2N5O2. The molecule has 0 fully saturated rings. The zero-order chi connectivity index (χ0) is 22.4. The van der Waals surface area contributed by atoms with Crippen molar-refractivity contribution in [3.05, 3.63) is 74.3 Å². The van der Waals surface area contributed by atoms with Crippen molar-refractivity contribution in [2.24, 2.45) is 0 Å². The van der Waals surface area contributed by atoms with Gasteiger partial charge in [-0.15, -0.1) is 0 Å². The number of nitrogens with two attached hydrogens (primary N) is 2. The van der Waals surface area contributed by atoms with Crippen LogP contribution in [0.1, 0.15) is 0 Å². The van der Waals surface area contributed by atoms with Gasteiger partial charge in [-0.3, -0.25) is 10.1 Å². The second-order valence-corrected chi connectivity index (χ2v) is 7.34. The molecule has 4 aromatic rings. The lowest BCUT2D eigenvalue weighted by Gasteiger charge is -2.13. The monoisotopic (exact) mass is 461 g/mol. The summed E-state index contributed by atoms with van der Waals surface area (Å²) in [4.78, 5) is 19.8. The van der Waals surface area contributed by atoms with Crippen LogP contribution in [0, 0.1) is 21.7 Å². The molecule has 11 heteroatoms. The first kappa shape index (κ1) is 20.7. The van der Waals surface area contributed by atoms with Gasteiger partial charge in [-0.1, -0.05) is 35.3 Å². The Hall–Kier alpha value is -3.56. The lowest BCUT2D eigenvalue weighted by Crippen LogP contribution is -2.05. The second kappa shape index (κ2) is 7.60. The zero-order valence-electron chi connectivity index (χ0n) is 15.4. The van der Waals surface area contributed by atoms with E-state index in [0.717, 1.165) is 12.1 Å². The molecule has 4 N–H and O–H groups in total. The van der Waals surface area contributed by atoms with Gasteiger partial charge >= 0.3 is 0 Å². The standard InChI is InChI=1S/C20H11Cl2F2N5O2/c21-11-3-1-8(5-13(11)23)10-7-15-17(28-20(26)19(25)27-15)16(18(10)29(30)31)9-2-4-12(22)14(24)6-9/h1-7H,(H2,25,27)(H2,26,28). The smallest absolute Gasteiger partial charge is 0.287 e. The van der Waals surface area contributed by atoms with Crippen molar-refractivity contribution in [2.75, 3.05) is 11.5 Å². The number of nitro benzene ring substituents is 1. The van der Waals surface area contributed by atoms with Crippen molar-refractivity contribution in [1.29, 1.82) is 0 Å². The molecule has 0 aliphatic heterocycles. The number of nitrogen functional groups attached to an aromatic ring is 2. The van der Waals surface area contributed by atoms with Gasteiger partial charge in [-0.05, 0) is 41.5 Å². The summed E-state index contributed by atoms with van der Waals surface area (Å²) in [6.45, 7) is 0. The number of benzene rings is 3. The van der Waals surface area contributed by atoms with E-state index in [9.17, 15) is 18.9 Å². The molecular weight excluding hydrogens is 451 g/mol. The Morgan fingerprint density at radius 3 is 2.00 bits per heavy atom. The minimum atomic E-state index is -0.791. The van der Waals surface area contributed by atoms with Gasteiger partial charge in [0.1, 0.15) is 17.2 Å². The summed E-state index contributed by atoms with van der Waals surface area (Å²) in [7, 11) is 0. The van der Waals surface area contributed by atoms with Crippen molar-refractivity contribution >= 4 is 51.6 Å². The number of rotatable bonds is 3. The fourth-order valence-corrected chi connectivity index (χ4v) is 3.45. The van der Waals surface area contributed by atoms with Crippen LogP contribution in [0.4, 0.5) is 26.1 Å². The summed E-state index contributed by atoms with van der Waals surface area (Å²) in [5.41, 5.74) is 11.5. The summed E-state index contributed by atoms with van der Waals surface area (Å²) in [6, 6.07) is 8.76. The van der Waals surface area contributed by atoms with Crippen LogP contribution in [0.5, 0.6) is 0 Å². The van der Waals surface area contributed by atoms with Crippen molar-refractivity contribution < 1.29 is 13.7 Å². The van der Waals surface area contributed by atoms with E-state index in [1.54, 1.807) is 0 Å². The molecule has 0 radical (unpaired) electrons. The maximum atomic E-state index is 14.2. The molecule has 0 saturated carbocycles. The predicted octanol–water partition coefficient (Wildman–Crippen LogP) is 5.62. The van der Waals surface area contributed by atoms with Crippen LogP contribution in [0.15, 0.2) is 42.5 Å². The molecule has 1 heterocycles. The number of anilines is 2. The van der Waals surface area contributed by atoms with Gasteiger partial charge in [0.25, 0.3) is 5.69 Å². The van der Waals surface area contributed by atoms with Gasteiger partial charge in [-0.25, -0.2) is 18.7 Å². The minimum absolute atomic E-state index is 0.0110. The van der Waals surface area contributed by atoms with Crippen molar-refractivity contribution in [2.45, 2.75) is 0 Å². The molecule has 0 aliphatic carbocycles. The molecule has 3 aromatic carbocycles. The Morgan fingerprint density at radius 1 is 0.871 bits per heavy atom. The molecule has 0 saturated heterocycles. The highest BCUT2D eigenvalue weighted by Crippen LogP contribution is 2.44. The summed E-state index contributed by atoms with van der Waals surface area (Å²) < 4.78 is 28.3. The molecule has 0 spiro atoms. The highest BCUT2D eigenvalue weighted by atomic mass is 35.5. The molecule has 7 nitrogen and oxygen atoms in total. The van der Waals surface area contributed by atoms with E-state index in [-0.39, 0.29) is 55.0 Å². The Bertz CT molecular complexity index is 1400. The Morgan fingerprint density at radius 2 is 1.42 bits per heavy atom. The van der Waals surface area contributed by atoms with E-state index in [2.05, 4.69) is 9.97 Å². The predicted molar refractivity (Wildman–Crippen MR) is 116 cm³/mol. The number of fused-ring (bicyclic) bond motifs is 1. The number of nitrogens with zero attached hydrogens (tertiary/aromatic N) is 3. The van der Waals surface area contributed by atoms with E-state index in [1.807, 2.05) is 0 Å². The first-order valence-electron chi connectivity index (χ1n) is 8.62. The maximum absolute atomic E-state index is 14.2. The molecule has 31 heavy (non-hydrogen) atoms. The highest BCUT2D eigenvalue weighted by molar-refractivity contribution is 6.31. The van der Waals surface area contributed by atoms with Crippen molar-refractivity contribution in [1.82, 2.24) is 9.97 Å². The molecule has 0 aliphatic rings. The van der Waals surface area contributed by atoms with E-state index in [4.69, 9.17) is 34.7 Å². The van der Waals surface area contributed by atoms with Crippen molar-refractivity contribution in [3.8, 4) is 22.3 Å². The molecule has 0 atom stereocenters. The molecule has 1 aromatic heterocycles. The van der Waals surface area contributed by atoms with E-state index >= 15 is 0 Å². The van der Waals surface area contributed by atoms with Crippen molar-refractivity contribution in [3.63, 3.8) is 0 Å². The Kier molecular flexibility index (Phi) is 5.08. The summed E-state index contributed by atoms with van der Waals surface area (Å²) in [6.07, 6.45) is 0. The van der Waals surface area contributed by atoms with Crippen LogP contribution >= 0.6 is 23.2 Å². The van der Waals surface area contributed by atoms with Crippen LogP contribution in [-0.2, 0) is 0 Å². The second-order valence-electron chi connectivity index (χ2n) is 6.52. The fraction of sp³-hybridized carbons (Fsp3) is 0. The van der Waals surface area contributed by atoms with Crippen LogP contribution in [-0.4, -0.2) is 14.9 Å². The highest BCUT2D eigenvalue weighted by Gasteiger charge is 2.28. The zero-order valence-corrected chi connectivity index (χ0v) is 16.9. The number of aromatic nitrogens is 2. The SMILES string of the molecule is Nc1nc2cc(-c3ccc(Cl)c(F)c3)c([N+](=O)[O-])c(-c3ccc(Cl)c(F)c3)c2nc1N. The number of hydrogen-bond acceptors (Lipinski definition) is 6. The third-order valence-electron chi connectivity index (χ3n) is 4.61. The first-order chi connectivity index (χ1) is 14.7. The van der Waals surface area contributed by atoms with Gasteiger partial charge in [0.05, 0.1) is 31.6 Å². The number of halogens is 4. The van der Waals surface area contributed by atoms with Gasteiger partial charge in [0.15, 0.2) is 11.6 Å². The normalized spacial score (nSPS) is 11.1. The van der Waals surface area contributed by atoms with Crippen LogP contribution in [0.3, 0.4) is 0 Å². The third-order valence-corrected chi connectivity index (χ3v) is 5.22. The summed E-state index contributed by atoms with van der Waals surface area (Å²) in [5.74, 6) is -1.80. The van der Waals surface area contributed by atoms with Crippen LogP contribution in [0.25, 0.3) is 33.3 Å². The average Bonchev–Trinajstić information content (AvgIpc) is 2.71. The van der Waals surface area contributed by atoms with E-state index in [1.165, 1.54) is 30.3 Å².